The number of halogens is 3. The fraction of sp³-hybridized carbons (Fsp3) is 0.267. The van der Waals surface area contributed by atoms with Crippen LogP contribution >= 0.6 is 0 Å². The number of likely N-dealkylation sites (tertiary alicyclic amines) is 1. The Labute approximate surface area is 133 Å². The molecular formula is C15H12F3N5O. The lowest BCUT2D eigenvalue weighted by Gasteiger charge is -2.37. The van der Waals surface area contributed by atoms with Crippen LogP contribution in [0.3, 0.4) is 0 Å². The Balaban J connectivity index is 1.58. The number of benzene rings is 1. The van der Waals surface area contributed by atoms with Crippen LogP contribution in [0.1, 0.15) is 27.8 Å². The lowest BCUT2D eigenvalue weighted by Crippen LogP contribution is -2.48. The molecule has 0 spiro atoms. The van der Waals surface area contributed by atoms with Gasteiger partial charge in [-0.1, -0.05) is 12.1 Å². The number of rotatable bonds is 2. The van der Waals surface area contributed by atoms with Crippen LogP contribution in [-0.2, 0) is 6.18 Å². The second kappa shape index (κ2) is 5.08. The Kier molecular flexibility index (Phi) is 3.12. The summed E-state index contributed by atoms with van der Waals surface area (Å²) in [6, 6.07) is 5.33. The van der Waals surface area contributed by atoms with Crippen molar-refractivity contribution in [1.82, 2.24) is 25.1 Å². The van der Waals surface area contributed by atoms with Gasteiger partial charge in [-0.05, 0) is 12.1 Å². The third-order valence-corrected chi connectivity index (χ3v) is 4.18. The molecule has 2 aromatic heterocycles. The van der Waals surface area contributed by atoms with Crippen LogP contribution in [0.15, 0.2) is 30.6 Å². The van der Waals surface area contributed by atoms with Crippen LogP contribution in [-0.4, -0.2) is 44.1 Å². The molecule has 124 valence electrons. The van der Waals surface area contributed by atoms with Gasteiger partial charge in [0, 0.05) is 18.5 Å². The number of H-pyrrole nitrogens is 2. The van der Waals surface area contributed by atoms with Crippen LogP contribution in [0.25, 0.3) is 10.9 Å². The second-order valence-electron chi connectivity index (χ2n) is 5.73. The summed E-state index contributed by atoms with van der Waals surface area (Å²) in [4.78, 5) is 20.7. The van der Waals surface area contributed by atoms with Crippen molar-refractivity contribution in [2.45, 2.75) is 12.1 Å². The van der Waals surface area contributed by atoms with Gasteiger partial charge in [-0.3, -0.25) is 9.89 Å². The van der Waals surface area contributed by atoms with Gasteiger partial charge >= 0.3 is 6.18 Å². The van der Waals surface area contributed by atoms with E-state index in [0.717, 1.165) is 6.07 Å². The van der Waals surface area contributed by atoms with Gasteiger partial charge in [0.1, 0.15) is 17.8 Å². The number of para-hydroxylation sites is 1. The van der Waals surface area contributed by atoms with Crippen molar-refractivity contribution in [3.63, 3.8) is 0 Å². The van der Waals surface area contributed by atoms with Crippen molar-refractivity contribution in [2.75, 3.05) is 13.1 Å². The summed E-state index contributed by atoms with van der Waals surface area (Å²) in [7, 11) is 0. The third kappa shape index (κ3) is 2.32. The average Bonchev–Trinajstić information content (AvgIpc) is 3.12. The molecule has 0 saturated carbocycles. The molecule has 3 heterocycles. The molecule has 24 heavy (non-hydrogen) atoms. The van der Waals surface area contributed by atoms with Gasteiger partial charge < -0.3 is 9.88 Å². The van der Waals surface area contributed by atoms with E-state index in [1.165, 1.54) is 18.5 Å². The first-order valence-electron chi connectivity index (χ1n) is 7.27. The molecule has 0 atom stereocenters. The topological polar surface area (TPSA) is 77.7 Å². The number of carbonyl (C=O) groups is 1. The van der Waals surface area contributed by atoms with Gasteiger partial charge in [0.15, 0.2) is 0 Å². The molecule has 1 fully saturated rings. The highest BCUT2D eigenvalue weighted by atomic mass is 19.4. The van der Waals surface area contributed by atoms with Crippen molar-refractivity contribution in [3.05, 3.63) is 47.7 Å². The highest BCUT2D eigenvalue weighted by Gasteiger charge is 2.36. The maximum Gasteiger partial charge on any atom is 0.418 e. The highest BCUT2D eigenvalue weighted by Crippen LogP contribution is 2.35. The number of hydrogen-bond acceptors (Lipinski definition) is 3. The van der Waals surface area contributed by atoms with Crippen molar-refractivity contribution in [3.8, 4) is 0 Å². The van der Waals surface area contributed by atoms with E-state index in [2.05, 4.69) is 20.2 Å². The van der Waals surface area contributed by atoms with E-state index in [-0.39, 0.29) is 23.0 Å². The van der Waals surface area contributed by atoms with Gasteiger partial charge in [-0.2, -0.15) is 18.3 Å². The van der Waals surface area contributed by atoms with Crippen molar-refractivity contribution in [1.29, 1.82) is 0 Å². The maximum atomic E-state index is 13.0. The molecule has 6 nitrogen and oxygen atoms in total. The molecule has 1 aromatic carbocycles. The zero-order valence-corrected chi connectivity index (χ0v) is 12.3. The molecule has 1 saturated heterocycles. The van der Waals surface area contributed by atoms with Gasteiger partial charge in [0.25, 0.3) is 5.91 Å². The first-order chi connectivity index (χ1) is 11.4. The predicted molar refractivity (Wildman–Crippen MR) is 78.3 cm³/mol. The first-order valence-corrected chi connectivity index (χ1v) is 7.27. The van der Waals surface area contributed by atoms with Gasteiger partial charge in [0.2, 0.25) is 0 Å². The Morgan fingerprint density at radius 1 is 1.29 bits per heavy atom. The number of nitrogens with one attached hydrogen (secondary N) is 2. The van der Waals surface area contributed by atoms with E-state index < -0.39 is 11.7 Å². The van der Waals surface area contributed by atoms with E-state index >= 15 is 0 Å². The fourth-order valence-electron chi connectivity index (χ4n) is 2.91. The quantitative estimate of drug-likeness (QED) is 0.755. The first kappa shape index (κ1) is 14.7. The Morgan fingerprint density at radius 3 is 2.75 bits per heavy atom. The van der Waals surface area contributed by atoms with Crippen LogP contribution < -0.4 is 0 Å². The van der Waals surface area contributed by atoms with E-state index in [1.54, 1.807) is 11.0 Å². The zero-order chi connectivity index (χ0) is 16.9. The second-order valence-corrected chi connectivity index (χ2v) is 5.73. The van der Waals surface area contributed by atoms with Gasteiger partial charge in [0.05, 0.1) is 17.0 Å². The molecule has 2 N–H and O–H groups in total. The van der Waals surface area contributed by atoms with Gasteiger partial charge in [-0.15, -0.1) is 0 Å². The predicted octanol–water partition coefficient (Wildman–Crippen LogP) is 2.54. The summed E-state index contributed by atoms with van der Waals surface area (Å²) in [5, 5.41) is 6.88. The van der Waals surface area contributed by atoms with Crippen molar-refractivity contribution >= 4 is 16.8 Å². The minimum atomic E-state index is -4.47. The lowest BCUT2D eigenvalue weighted by atomic mass is 9.99. The fourth-order valence-corrected chi connectivity index (χ4v) is 2.91. The number of amides is 1. The van der Waals surface area contributed by atoms with Crippen LogP contribution in [0.2, 0.25) is 0 Å². The average molecular weight is 335 g/mol. The molecule has 9 heteroatoms. The van der Waals surface area contributed by atoms with E-state index in [0.29, 0.717) is 24.3 Å². The maximum absolute atomic E-state index is 13.0. The molecule has 1 aliphatic rings. The number of aromatic amines is 2. The zero-order valence-electron chi connectivity index (χ0n) is 12.3. The molecular weight excluding hydrogens is 323 g/mol. The standard InChI is InChI=1S/C15H12F3N5O/c16-15(17,18)10-3-1-2-8-4-11(21-12(8)10)14(24)23-5-9(6-23)13-19-7-20-22-13/h1-4,7,9,21H,5-6H2,(H,19,20,22). The molecule has 0 unspecified atom stereocenters. The number of fused-ring (bicyclic) bond motifs is 1. The van der Waals surface area contributed by atoms with Crippen molar-refractivity contribution in [2.24, 2.45) is 0 Å². The SMILES string of the molecule is O=C(c1cc2cccc(C(F)(F)F)c2[nH]1)N1CC(c2ncn[nH]2)C1. The molecule has 3 aromatic rings. The van der Waals surface area contributed by atoms with E-state index in [4.69, 9.17) is 0 Å². The molecule has 4 rings (SSSR count). The molecule has 0 aliphatic carbocycles. The number of aromatic nitrogens is 4. The van der Waals surface area contributed by atoms with E-state index in [1.807, 2.05) is 0 Å². The smallest absolute Gasteiger partial charge is 0.350 e. The Morgan fingerprint density at radius 2 is 2.08 bits per heavy atom. The monoisotopic (exact) mass is 335 g/mol. The number of alkyl halides is 3. The molecule has 1 amide bonds. The third-order valence-electron chi connectivity index (χ3n) is 4.18. The minimum Gasteiger partial charge on any atom is -0.350 e. The number of nitrogens with zero attached hydrogens (tertiary/aromatic N) is 3. The molecule has 1 aliphatic heterocycles. The lowest BCUT2D eigenvalue weighted by molar-refractivity contribution is -0.136. The number of hydrogen-bond donors (Lipinski definition) is 2. The van der Waals surface area contributed by atoms with Crippen molar-refractivity contribution < 1.29 is 18.0 Å². The van der Waals surface area contributed by atoms with Crippen LogP contribution in [0, 0.1) is 0 Å². The minimum absolute atomic E-state index is 0.0688. The normalized spacial score (nSPS) is 15.7. The summed E-state index contributed by atoms with van der Waals surface area (Å²) in [5.41, 5.74) is -0.694. The summed E-state index contributed by atoms with van der Waals surface area (Å²) in [5.74, 6) is 0.455. The Bertz CT molecular complexity index is 894. The van der Waals surface area contributed by atoms with E-state index in [9.17, 15) is 18.0 Å². The summed E-state index contributed by atoms with van der Waals surface area (Å²) in [6.07, 6.45) is -3.07. The van der Waals surface area contributed by atoms with Gasteiger partial charge in [-0.25, -0.2) is 4.98 Å². The molecule has 0 radical (unpaired) electrons. The highest BCUT2D eigenvalue weighted by molar-refractivity contribution is 5.99. The number of carbonyl (C=O) groups excluding carboxylic acids is 1. The summed E-state index contributed by atoms with van der Waals surface area (Å²) < 4.78 is 39.1. The summed E-state index contributed by atoms with van der Waals surface area (Å²) >= 11 is 0. The largest absolute Gasteiger partial charge is 0.418 e. The van der Waals surface area contributed by atoms with Crippen LogP contribution in [0.4, 0.5) is 13.2 Å². The summed E-state index contributed by atoms with van der Waals surface area (Å²) in [6.45, 7) is 0.908. The Hall–Kier alpha value is -2.84. The van der Waals surface area contributed by atoms with Crippen LogP contribution in [0.5, 0.6) is 0 Å². The molecule has 0 bridgehead atoms.